The molecular formula is C17H12BrClO. The lowest BCUT2D eigenvalue weighted by molar-refractivity contribution is 0.222. The van der Waals surface area contributed by atoms with Gasteiger partial charge in [-0.15, -0.1) is 0 Å². The van der Waals surface area contributed by atoms with Crippen LogP contribution in [0.25, 0.3) is 10.8 Å². The summed E-state index contributed by atoms with van der Waals surface area (Å²) in [7, 11) is 0. The van der Waals surface area contributed by atoms with Crippen LogP contribution in [-0.2, 0) is 0 Å². The van der Waals surface area contributed by atoms with E-state index in [9.17, 15) is 5.11 Å². The van der Waals surface area contributed by atoms with Crippen molar-refractivity contribution in [1.29, 1.82) is 0 Å². The molecule has 0 amide bonds. The third-order valence-corrected chi connectivity index (χ3v) is 4.70. The third kappa shape index (κ3) is 2.35. The van der Waals surface area contributed by atoms with Crippen molar-refractivity contribution in [2.45, 2.75) is 6.10 Å². The minimum atomic E-state index is -0.744. The lowest BCUT2D eigenvalue weighted by Gasteiger charge is -2.16. The highest BCUT2D eigenvalue weighted by atomic mass is 79.9. The Morgan fingerprint density at radius 3 is 2.35 bits per heavy atom. The SMILES string of the molecule is OC(c1cccc(Br)c1Cl)c1cccc2ccccc12. The first-order valence-electron chi connectivity index (χ1n) is 6.28. The van der Waals surface area contributed by atoms with Crippen LogP contribution < -0.4 is 0 Å². The molecule has 0 aliphatic carbocycles. The summed E-state index contributed by atoms with van der Waals surface area (Å²) in [6.07, 6.45) is -0.744. The van der Waals surface area contributed by atoms with Crippen LogP contribution in [0.4, 0.5) is 0 Å². The third-order valence-electron chi connectivity index (χ3n) is 3.39. The molecule has 0 saturated carbocycles. The molecule has 0 heterocycles. The molecule has 0 fully saturated rings. The van der Waals surface area contributed by atoms with Crippen molar-refractivity contribution in [3.63, 3.8) is 0 Å². The van der Waals surface area contributed by atoms with E-state index in [0.29, 0.717) is 10.6 Å². The van der Waals surface area contributed by atoms with Gasteiger partial charge in [0.05, 0.1) is 5.02 Å². The van der Waals surface area contributed by atoms with Crippen molar-refractivity contribution >= 4 is 38.3 Å². The lowest BCUT2D eigenvalue weighted by Crippen LogP contribution is -2.01. The maximum absolute atomic E-state index is 10.7. The Labute approximate surface area is 131 Å². The van der Waals surface area contributed by atoms with Gasteiger partial charge in [-0.2, -0.15) is 0 Å². The highest BCUT2D eigenvalue weighted by Crippen LogP contribution is 2.35. The standard InChI is InChI=1S/C17H12BrClO/c18-15-10-4-9-14(16(15)19)17(20)13-8-3-6-11-5-1-2-7-12(11)13/h1-10,17,20H. The van der Waals surface area contributed by atoms with Gasteiger partial charge >= 0.3 is 0 Å². The van der Waals surface area contributed by atoms with Gasteiger partial charge < -0.3 is 5.11 Å². The van der Waals surface area contributed by atoms with E-state index in [2.05, 4.69) is 15.9 Å². The average Bonchev–Trinajstić information content (AvgIpc) is 2.49. The Morgan fingerprint density at radius 2 is 1.50 bits per heavy atom. The summed E-state index contributed by atoms with van der Waals surface area (Å²) >= 11 is 9.68. The quantitative estimate of drug-likeness (QED) is 0.663. The Balaban J connectivity index is 2.18. The molecule has 20 heavy (non-hydrogen) atoms. The number of fused-ring (bicyclic) bond motifs is 1. The van der Waals surface area contributed by atoms with E-state index in [1.54, 1.807) is 0 Å². The van der Waals surface area contributed by atoms with Crippen LogP contribution in [0.2, 0.25) is 5.02 Å². The smallest absolute Gasteiger partial charge is 0.106 e. The molecule has 0 radical (unpaired) electrons. The van der Waals surface area contributed by atoms with Crippen molar-refractivity contribution < 1.29 is 5.11 Å². The second-order valence-electron chi connectivity index (χ2n) is 4.61. The van der Waals surface area contributed by atoms with Crippen LogP contribution in [-0.4, -0.2) is 5.11 Å². The van der Waals surface area contributed by atoms with Crippen molar-refractivity contribution in [3.05, 3.63) is 81.3 Å². The molecule has 0 aromatic heterocycles. The minimum Gasteiger partial charge on any atom is -0.384 e. The molecule has 100 valence electrons. The summed E-state index contributed by atoms with van der Waals surface area (Å²) in [4.78, 5) is 0. The summed E-state index contributed by atoms with van der Waals surface area (Å²) in [5.74, 6) is 0. The molecule has 3 aromatic rings. The van der Waals surface area contributed by atoms with E-state index in [4.69, 9.17) is 11.6 Å². The van der Waals surface area contributed by atoms with E-state index in [1.165, 1.54) is 0 Å². The molecule has 1 unspecified atom stereocenters. The van der Waals surface area contributed by atoms with E-state index in [0.717, 1.165) is 20.8 Å². The first-order valence-corrected chi connectivity index (χ1v) is 7.45. The highest BCUT2D eigenvalue weighted by molar-refractivity contribution is 9.10. The highest BCUT2D eigenvalue weighted by Gasteiger charge is 2.17. The second-order valence-corrected chi connectivity index (χ2v) is 5.85. The predicted octanol–water partition coefficient (Wildman–Crippen LogP) is 5.34. The number of rotatable bonds is 2. The molecular weight excluding hydrogens is 336 g/mol. The summed E-state index contributed by atoms with van der Waals surface area (Å²) in [5.41, 5.74) is 1.57. The van der Waals surface area contributed by atoms with Crippen LogP contribution in [0.1, 0.15) is 17.2 Å². The topological polar surface area (TPSA) is 20.2 Å². The molecule has 0 aliphatic rings. The van der Waals surface area contributed by atoms with Crippen molar-refractivity contribution in [1.82, 2.24) is 0 Å². The molecule has 3 aromatic carbocycles. The fraction of sp³-hybridized carbons (Fsp3) is 0.0588. The Kier molecular flexibility index (Phi) is 3.79. The lowest BCUT2D eigenvalue weighted by atomic mass is 9.96. The summed E-state index contributed by atoms with van der Waals surface area (Å²) in [6.45, 7) is 0. The van der Waals surface area contributed by atoms with Gasteiger partial charge in [0.2, 0.25) is 0 Å². The van der Waals surface area contributed by atoms with Gasteiger partial charge in [0.15, 0.2) is 0 Å². The molecule has 1 atom stereocenters. The van der Waals surface area contributed by atoms with E-state index in [-0.39, 0.29) is 0 Å². The number of halogens is 2. The Morgan fingerprint density at radius 1 is 0.850 bits per heavy atom. The monoisotopic (exact) mass is 346 g/mol. The molecule has 0 spiro atoms. The van der Waals surface area contributed by atoms with E-state index >= 15 is 0 Å². The van der Waals surface area contributed by atoms with Crippen molar-refractivity contribution in [3.8, 4) is 0 Å². The number of benzene rings is 3. The molecule has 1 nitrogen and oxygen atoms in total. The van der Waals surface area contributed by atoms with Crippen molar-refractivity contribution in [2.75, 3.05) is 0 Å². The Bertz CT molecular complexity index is 765. The number of hydrogen-bond donors (Lipinski definition) is 1. The predicted molar refractivity (Wildman–Crippen MR) is 87.2 cm³/mol. The van der Waals surface area contributed by atoms with E-state index in [1.807, 2.05) is 60.7 Å². The van der Waals surface area contributed by atoms with Gasteiger partial charge in [-0.25, -0.2) is 0 Å². The van der Waals surface area contributed by atoms with Gasteiger partial charge in [-0.05, 0) is 38.3 Å². The van der Waals surface area contributed by atoms with Crippen molar-refractivity contribution in [2.24, 2.45) is 0 Å². The zero-order valence-corrected chi connectivity index (χ0v) is 12.9. The first kappa shape index (κ1) is 13.6. The number of hydrogen-bond acceptors (Lipinski definition) is 1. The van der Waals surface area contributed by atoms with E-state index < -0.39 is 6.10 Å². The summed E-state index contributed by atoms with van der Waals surface area (Å²) in [6, 6.07) is 19.5. The fourth-order valence-electron chi connectivity index (χ4n) is 2.39. The molecule has 0 bridgehead atoms. The maximum Gasteiger partial charge on any atom is 0.106 e. The average molecular weight is 348 g/mol. The maximum atomic E-state index is 10.7. The summed E-state index contributed by atoms with van der Waals surface area (Å²) in [5, 5.41) is 13.4. The minimum absolute atomic E-state index is 0.549. The van der Waals surface area contributed by atoms with Crippen LogP contribution in [0.15, 0.2) is 65.1 Å². The summed E-state index contributed by atoms with van der Waals surface area (Å²) < 4.78 is 0.788. The largest absolute Gasteiger partial charge is 0.384 e. The normalized spacial score (nSPS) is 12.6. The second kappa shape index (κ2) is 5.57. The molecule has 0 saturated heterocycles. The van der Waals surface area contributed by atoms with Gasteiger partial charge in [0.25, 0.3) is 0 Å². The van der Waals surface area contributed by atoms with Gasteiger partial charge in [-0.1, -0.05) is 66.2 Å². The zero-order chi connectivity index (χ0) is 14.1. The first-order chi connectivity index (χ1) is 9.68. The number of aliphatic hydroxyl groups excluding tert-OH is 1. The Hall–Kier alpha value is -1.35. The van der Waals surface area contributed by atoms with Gasteiger partial charge in [0, 0.05) is 10.0 Å². The zero-order valence-electron chi connectivity index (χ0n) is 10.6. The van der Waals surface area contributed by atoms with Crippen LogP contribution in [0.3, 0.4) is 0 Å². The van der Waals surface area contributed by atoms with Gasteiger partial charge in [-0.3, -0.25) is 0 Å². The van der Waals surface area contributed by atoms with Crippen LogP contribution in [0, 0.1) is 0 Å². The number of aliphatic hydroxyl groups is 1. The molecule has 3 rings (SSSR count). The molecule has 0 aliphatic heterocycles. The van der Waals surface area contributed by atoms with Crippen LogP contribution in [0.5, 0.6) is 0 Å². The molecule has 3 heteroatoms. The fourth-order valence-corrected chi connectivity index (χ4v) is 3.00. The van der Waals surface area contributed by atoms with Gasteiger partial charge in [0.1, 0.15) is 6.10 Å². The van der Waals surface area contributed by atoms with Crippen LogP contribution >= 0.6 is 27.5 Å². The molecule has 1 N–H and O–H groups in total.